The molecule has 1 fully saturated rings. The fourth-order valence-electron chi connectivity index (χ4n) is 3.22. The molecule has 7 heteroatoms. The van der Waals surface area contributed by atoms with Crippen LogP contribution in [0, 0.1) is 0 Å². The van der Waals surface area contributed by atoms with E-state index in [2.05, 4.69) is 9.88 Å². The lowest BCUT2D eigenvalue weighted by molar-refractivity contribution is 0.0626. The highest BCUT2D eigenvalue weighted by Gasteiger charge is 2.24. The smallest absolute Gasteiger partial charge is 0.254 e. The second-order valence-electron chi connectivity index (χ2n) is 6.30. The maximum Gasteiger partial charge on any atom is 0.254 e. The van der Waals surface area contributed by atoms with Gasteiger partial charge in [0.25, 0.3) is 5.91 Å². The molecule has 2 heterocycles. The van der Waals surface area contributed by atoms with Crippen LogP contribution in [0.3, 0.4) is 0 Å². The van der Waals surface area contributed by atoms with Gasteiger partial charge in [0, 0.05) is 44.5 Å². The predicted octanol–water partition coefficient (Wildman–Crippen LogP) is 2.07. The lowest BCUT2D eigenvalue weighted by atomic mass is 10.1. The SMILES string of the molecule is COc1cc(C(=O)N2CCN(Cc3ccccn3)CC2)cc(OC)c1OC. The molecule has 0 bridgehead atoms. The third kappa shape index (κ3) is 4.31. The number of piperazine rings is 1. The summed E-state index contributed by atoms with van der Waals surface area (Å²) in [6, 6.07) is 9.32. The normalized spacial score (nSPS) is 14.7. The van der Waals surface area contributed by atoms with E-state index in [1.54, 1.807) is 39.7 Å². The Balaban J connectivity index is 1.67. The highest BCUT2D eigenvalue weighted by atomic mass is 16.5. The van der Waals surface area contributed by atoms with Crippen molar-refractivity contribution in [1.29, 1.82) is 0 Å². The summed E-state index contributed by atoms with van der Waals surface area (Å²) in [7, 11) is 4.63. The molecule has 0 N–H and O–H groups in total. The van der Waals surface area contributed by atoms with E-state index in [9.17, 15) is 4.79 Å². The Hall–Kier alpha value is -2.80. The third-order valence-corrected chi connectivity index (χ3v) is 4.68. The Morgan fingerprint density at radius 3 is 2.19 bits per heavy atom. The summed E-state index contributed by atoms with van der Waals surface area (Å²) in [6.07, 6.45) is 1.81. The van der Waals surface area contributed by atoms with E-state index in [0.717, 1.165) is 25.3 Å². The molecule has 3 rings (SSSR count). The van der Waals surface area contributed by atoms with Gasteiger partial charge in [-0.1, -0.05) is 6.07 Å². The van der Waals surface area contributed by atoms with Crippen LogP contribution in [-0.4, -0.2) is 68.2 Å². The molecule has 0 spiro atoms. The van der Waals surface area contributed by atoms with Crippen molar-refractivity contribution in [3.05, 3.63) is 47.8 Å². The first-order chi connectivity index (χ1) is 13.2. The van der Waals surface area contributed by atoms with E-state index in [1.165, 1.54) is 0 Å². The van der Waals surface area contributed by atoms with Gasteiger partial charge >= 0.3 is 0 Å². The molecule has 0 radical (unpaired) electrons. The molecule has 1 saturated heterocycles. The Kier molecular flexibility index (Phi) is 6.13. The largest absolute Gasteiger partial charge is 0.493 e. The molecular formula is C20H25N3O4. The summed E-state index contributed by atoms with van der Waals surface area (Å²) in [5, 5.41) is 0. The van der Waals surface area contributed by atoms with Crippen LogP contribution < -0.4 is 14.2 Å². The molecule has 0 aliphatic carbocycles. The molecule has 1 aromatic heterocycles. The van der Waals surface area contributed by atoms with Gasteiger partial charge in [-0.3, -0.25) is 14.7 Å². The summed E-state index contributed by atoms with van der Waals surface area (Å²) in [5.41, 5.74) is 1.57. The Morgan fingerprint density at radius 2 is 1.67 bits per heavy atom. The van der Waals surface area contributed by atoms with Crippen molar-refractivity contribution in [2.45, 2.75) is 6.54 Å². The van der Waals surface area contributed by atoms with E-state index in [1.807, 2.05) is 23.1 Å². The van der Waals surface area contributed by atoms with Crippen LogP contribution in [0.1, 0.15) is 16.1 Å². The van der Waals surface area contributed by atoms with Crippen molar-refractivity contribution in [3.63, 3.8) is 0 Å². The zero-order valence-corrected chi connectivity index (χ0v) is 16.0. The van der Waals surface area contributed by atoms with Crippen LogP contribution in [0.15, 0.2) is 36.5 Å². The molecule has 7 nitrogen and oxygen atoms in total. The minimum Gasteiger partial charge on any atom is -0.493 e. The zero-order valence-electron chi connectivity index (χ0n) is 16.0. The average molecular weight is 371 g/mol. The van der Waals surface area contributed by atoms with Crippen molar-refractivity contribution < 1.29 is 19.0 Å². The van der Waals surface area contributed by atoms with Crippen LogP contribution >= 0.6 is 0 Å². The van der Waals surface area contributed by atoms with Gasteiger partial charge in [0.1, 0.15) is 0 Å². The maximum absolute atomic E-state index is 12.9. The zero-order chi connectivity index (χ0) is 19.2. The van der Waals surface area contributed by atoms with Crippen molar-refractivity contribution in [3.8, 4) is 17.2 Å². The van der Waals surface area contributed by atoms with Gasteiger partial charge in [0.15, 0.2) is 11.5 Å². The van der Waals surface area contributed by atoms with Crippen LogP contribution in [0.2, 0.25) is 0 Å². The Bertz CT molecular complexity index is 749. The number of nitrogens with zero attached hydrogens (tertiary/aromatic N) is 3. The van der Waals surface area contributed by atoms with Crippen LogP contribution in [0.4, 0.5) is 0 Å². The first kappa shape index (κ1) is 19.0. The number of carbonyl (C=O) groups is 1. The van der Waals surface area contributed by atoms with Gasteiger partial charge in [-0.2, -0.15) is 0 Å². The molecule has 144 valence electrons. The number of aromatic nitrogens is 1. The van der Waals surface area contributed by atoms with Gasteiger partial charge in [-0.15, -0.1) is 0 Å². The van der Waals surface area contributed by atoms with Gasteiger partial charge in [0.2, 0.25) is 5.75 Å². The van der Waals surface area contributed by atoms with Crippen molar-refractivity contribution in [2.75, 3.05) is 47.5 Å². The van der Waals surface area contributed by atoms with Crippen LogP contribution in [-0.2, 0) is 6.54 Å². The molecule has 1 aliphatic heterocycles. The standard InChI is InChI=1S/C20H25N3O4/c1-25-17-12-15(13-18(26-2)19(17)27-3)20(24)23-10-8-22(9-11-23)14-16-6-4-5-7-21-16/h4-7,12-13H,8-11,14H2,1-3H3. The van der Waals surface area contributed by atoms with Crippen LogP contribution in [0.5, 0.6) is 17.2 Å². The van der Waals surface area contributed by atoms with Gasteiger partial charge < -0.3 is 19.1 Å². The number of pyridine rings is 1. The molecule has 0 saturated carbocycles. The second kappa shape index (κ2) is 8.73. The number of methoxy groups -OCH3 is 3. The Morgan fingerprint density at radius 1 is 1.00 bits per heavy atom. The van der Waals surface area contributed by atoms with E-state index in [-0.39, 0.29) is 5.91 Å². The molecule has 1 aromatic carbocycles. The quantitative estimate of drug-likeness (QED) is 0.775. The number of hydrogen-bond donors (Lipinski definition) is 0. The highest BCUT2D eigenvalue weighted by Crippen LogP contribution is 2.38. The van der Waals surface area contributed by atoms with Gasteiger partial charge in [0.05, 0.1) is 27.0 Å². The lowest BCUT2D eigenvalue weighted by Crippen LogP contribution is -2.48. The summed E-state index contributed by atoms with van der Waals surface area (Å²) >= 11 is 0. The summed E-state index contributed by atoms with van der Waals surface area (Å²) < 4.78 is 16.0. The van der Waals surface area contributed by atoms with Gasteiger partial charge in [-0.05, 0) is 24.3 Å². The first-order valence-corrected chi connectivity index (χ1v) is 8.87. The topological polar surface area (TPSA) is 64.1 Å². The van der Waals surface area contributed by atoms with Crippen molar-refractivity contribution in [2.24, 2.45) is 0 Å². The van der Waals surface area contributed by atoms with E-state index >= 15 is 0 Å². The summed E-state index contributed by atoms with van der Waals surface area (Å²) in [6.45, 7) is 3.76. The Labute approximate surface area is 159 Å². The maximum atomic E-state index is 12.9. The molecular weight excluding hydrogens is 346 g/mol. The monoisotopic (exact) mass is 371 g/mol. The molecule has 1 aliphatic rings. The number of amides is 1. The molecule has 0 unspecified atom stereocenters. The second-order valence-corrected chi connectivity index (χ2v) is 6.30. The van der Waals surface area contributed by atoms with Crippen molar-refractivity contribution in [1.82, 2.24) is 14.8 Å². The number of rotatable bonds is 6. The molecule has 1 amide bonds. The van der Waals surface area contributed by atoms with Gasteiger partial charge in [-0.25, -0.2) is 0 Å². The fourth-order valence-corrected chi connectivity index (χ4v) is 3.22. The molecule has 2 aromatic rings. The third-order valence-electron chi connectivity index (χ3n) is 4.68. The van der Waals surface area contributed by atoms with E-state index in [4.69, 9.17) is 14.2 Å². The van der Waals surface area contributed by atoms with Crippen molar-refractivity contribution >= 4 is 5.91 Å². The first-order valence-electron chi connectivity index (χ1n) is 8.87. The van der Waals surface area contributed by atoms with E-state index in [0.29, 0.717) is 35.9 Å². The minimum absolute atomic E-state index is 0.0354. The fraction of sp³-hybridized carbons (Fsp3) is 0.400. The molecule has 0 atom stereocenters. The van der Waals surface area contributed by atoms with E-state index < -0.39 is 0 Å². The lowest BCUT2D eigenvalue weighted by Gasteiger charge is -2.34. The predicted molar refractivity (Wildman–Crippen MR) is 102 cm³/mol. The number of ether oxygens (including phenoxy) is 3. The van der Waals surface area contributed by atoms with Crippen LogP contribution in [0.25, 0.3) is 0 Å². The number of carbonyl (C=O) groups excluding carboxylic acids is 1. The average Bonchev–Trinajstić information content (AvgIpc) is 2.73. The minimum atomic E-state index is -0.0354. The number of benzene rings is 1. The summed E-state index contributed by atoms with van der Waals surface area (Å²) in [4.78, 5) is 21.5. The highest BCUT2D eigenvalue weighted by molar-refractivity contribution is 5.95. The summed E-state index contributed by atoms with van der Waals surface area (Å²) in [5.74, 6) is 1.41. The number of hydrogen-bond acceptors (Lipinski definition) is 6. The molecule has 27 heavy (non-hydrogen) atoms.